The maximum Gasteiger partial charge on any atom is 0.331 e. The van der Waals surface area contributed by atoms with Crippen LogP contribution in [0.15, 0.2) is 42.5 Å². The summed E-state index contributed by atoms with van der Waals surface area (Å²) < 4.78 is 29.9. The predicted octanol–water partition coefficient (Wildman–Crippen LogP) is 3.42. The molecule has 0 radical (unpaired) electrons. The summed E-state index contributed by atoms with van der Waals surface area (Å²) in [6.07, 6.45) is 3.70. The highest BCUT2D eigenvalue weighted by Crippen LogP contribution is 2.35. The van der Waals surface area contributed by atoms with Gasteiger partial charge in [-0.1, -0.05) is 18.2 Å². The molecule has 1 aliphatic rings. The number of hydrogen-bond acceptors (Lipinski definition) is 5. The number of carbonyl (C=O) groups excluding carboxylic acids is 2. The van der Waals surface area contributed by atoms with Gasteiger partial charge in [-0.2, -0.15) is 0 Å². The Kier molecular flexibility index (Phi) is 7.06. The van der Waals surface area contributed by atoms with E-state index in [4.69, 9.17) is 14.2 Å². The van der Waals surface area contributed by atoms with Gasteiger partial charge in [-0.05, 0) is 38.1 Å². The molecular formula is C23H24FNO5. The molecule has 1 heterocycles. The smallest absolute Gasteiger partial charge is 0.331 e. The van der Waals surface area contributed by atoms with Crippen LogP contribution in [0.1, 0.15) is 30.5 Å². The monoisotopic (exact) mass is 413 g/mol. The van der Waals surface area contributed by atoms with Gasteiger partial charge in [-0.15, -0.1) is 0 Å². The van der Waals surface area contributed by atoms with Gasteiger partial charge < -0.3 is 19.5 Å². The van der Waals surface area contributed by atoms with Crippen molar-refractivity contribution in [3.8, 4) is 11.5 Å². The molecule has 2 aromatic rings. The van der Waals surface area contributed by atoms with Crippen LogP contribution in [0.3, 0.4) is 0 Å². The van der Waals surface area contributed by atoms with Crippen molar-refractivity contribution in [1.29, 1.82) is 0 Å². The van der Waals surface area contributed by atoms with Crippen molar-refractivity contribution in [3.63, 3.8) is 0 Å². The van der Waals surface area contributed by atoms with E-state index >= 15 is 0 Å². The fourth-order valence-electron chi connectivity index (χ4n) is 3.10. The first-order valence-corrected chi connectivity index (χ1v) is 9.77. The molecule has 158 valence electrons. The molecule has 1 N–H and O–H groups in total. The number of hydrogen-bond donors (Lipinski definition) is 1. The van der Waals surface area contributed by atoms with Crippen LogP contribution in [0.4, 0.5) is 4.39 Å². The van der Waals surface area contributed by atoms with E-state index in [9.17, 15) is 14.0 Å². The van der Waals surface area contributed by atoms with Gasteiger partial charge in [-0.25, -0.2) is 9.18 Å². The highest BCUT2D eigenvalue weighted by atomic mass is 19.1. The zero-order chi connectivity index (χ0) is 21.5. The van der Waals surface area contributed by atoms with Crippen LogP contribution >= 0.6 is 0 Å². The molecule has 0 aliphatic carbocycles. The van der Waals surface area contributed by atoms with Crippen LogP contribution in [0, 0.1) is 5.82 Å². The molecule has 0 bridgehead atoms. The minimum Gasteiger partial charge on any atom is -0.493 e. The first kappa shape index (κ1) is 21.4. The van der Waals surface area contributed by atoms with E-state index in [0.29, 0.717) is 23.5 Å². The van der Waals surface area contributed by atoms with Crippen LogP contribution in [0.5, 0.6) is 11.5 Å². The van der Waals surface area contributed by atoms with Crippen molar-refractivity contribution >= 4 is 18.0 Å². The molecule has 6 nitrogen and oxygen atoms in total. The number of esters is 1. The van der Waals surface area contributed by atoms with E-state index in [1.165, 1.54) is 12.1 Å². The van der Waals surface area contributed by atoms with E-state index in [0.717, 1.165) is 17.7 Å². The van der Waals surface area contributed by atoms with E-state index in [1.54, 1.807) is 24.3 Å². The number of rotatable bonds is 8. The number of ether oxygens (including phenoxy) is 3. The van der Waals surface area contributed by atoms with Gasteiger partial charge in [-0.3, -0.25) is 4.79 Å². The van der Waals surface area contributed by atoms with Crippen LogP contribution < -0.4 is 14.8 Å². The fourth-order valence-corrected chi connectivity index (χ4v) is 3.10. The molecule has 1 aliphatic heterocycles. The van der Waals surface area contributed by atoms with Gasteiger partial charge in [0.2, 0.25) is 0 Å². The maximum absolute atomic E-state index is 13.5. The van der Waals surface area contributed by atoms with E-state index in [-0.39, 0.29) is 12.6 Å². The lowest BCUT2D eigenvalue weighted by molar-refractivity contribution is -0.143. The van der Waals surface area contributed by atoms with Crippen molar-refractivity contribution < 1.29 is 28.2 Å². The Balaban J connectivity index is 1.54. The highest BCUT2D eigenvalue weighted by molar-refractivity contribution is 5.89. The maximum atomic E-state index is 13.5. The molecule has 0 saturated heterocycles. The highest BCUT2D eigenvalue weighted by Gasteiger charge is 2.21. The average Bonchev–Trinajstić information content (AvgIpc) is 3.09. The number of carbonyl (C=O) groups is 2. The van der Waals surface area contributed by atoms with Crippen LogP contribution in [0.25, 0.3) is 6.08 Å². The molecule has 1 atom stereocenters. The van der Waals surface area contributed by atoms with E-state index < -0.39 is 24.3 Å². The van der Waals surface area contributed by atoms with Crippen LogP contribution in [0.2, 0.25) is 0 Å². The summed E-state index contributed by atoms with van der Waals surface area (Å²) in [7, 11) is 0. The molecule has 0 fully saturated rings. The molecular weight excluding hydrogens is 389 g/mol. The first-order chi connectivity index (χ1) is 14.5. The molecule has 0 aromatic heterocycles. The van der Waals surface area contributed by atoms with Crippen LogP contribution in [-0.4, -0.2) is 31.2 Å². The summed E-state index contributed by atoms with van der Waals surface area (Å²) in [5.74, 6) is -0.175. The quantitative estimate of drug-likeness (QED) is 0.530. The lowest BCUT2D eigenvalue weighted by atomic mass is 10.1. The Labute approximate surface area is 174 Å². The average molecular weight is 413 g/mol. The SMILES string of the molecule is CCOc1cc2c(cc1/C=C/C(=O)OCC(=O)NCc1ccccc1F)O[C@H](C)C2. The number of benzene rings is 2. The van der Waals surface area contributed by atoms with E-state index in [2.05, 4.69) is 5.32 Å². The molecule has 0 spiro atoms. The Morgan fingerprint density at radius 3 is 2.87 bits per heavy atom. The number of halogens is 1. The summed E-state index contributed by atoms with van der Waals surface area (Å²) in [4.78, 5) is 23.8. The third-order valence-corrected chi connectivity index (χ3v) is 4.51. The largest absolute Gasteiger partial charge is 0.493 e. The number of fused-ring (bicyclic) bond motifs is 1. The minimum absolute atomic E-state index is 0.0180. The molecule has 7 heteroatoms. The standard InChI is InChI=1S/C23H24FNO5/c1-3-28-20-12-18-10-15(2)30-21(18)11-16(20)8-9-23(27)29-14-22(26)25-13-17-6-4-5-7-19(17)24/h4-9,11-12,15H,3,10,13-14H2,1-2H3,(H,25,26)/b9-8+/t15-/m1/s1. The van der Waals surface area contributed by atoms with Crippen molar-refractivity contribution in [2.75, 3.05) is 13.2 Å². The second-order valence-electron chi connectivity index (χ2n) is 6.87. The Bertz CT molecular complexity index is 957. The molecule has 30 heavy (non-hydrogen) atoms. The first-order valence-electron chi connectivity index (χ1n) is 9.77. The Morgan fingerprint density at radius 2 is 2.10 bits per heavy atom. The van der Waals surface area contributed by atoms with Crippen LogP contribution in [-0.2, 0) is 27.3 Å². The lowest BCUT2D eigenvalue weighted by Crippen LogP contribution is -2.28. The van der Waals surface area contributed by atoms with Gasteiger partial charge in [0.05, 0.1) is 6.61 Å². The van der Waals surface area contributed by atoms with Gasteiger partial charge in [0.15, 0.2) is 6.61 Å². The summed E-state index contributed by atoms with van der Waals surface area (Å²) in [6.45, 7) is 3.92. The Morgan fingerprint density at radius 1 is 1.30 bits per heavy atom. The van der Waals surface area contributed by atoms with Crippen molar-refractivity contribution in [1.82, 2.24) is 5.32 Å². The normalized spacial score (nSPS) is 14.8. The van der Waals surface area contributed by atoms with Gasteiger partial charge in [0.25, 0.3) is 5.91 Å². The fraction of sp³-hybridized carbons (Fsp3) is 0.304. The molecule has 0 unspecified atom stereocenters. The van der Waals surface area contributed by atoms with Gasteiger partial charge in [0, 0.05) is 35.7 Å². The molecule has 1 amide bonds. The summed E-state index contributed by atoms with van der Waals surface area (Å²) in [6, 6.07) is 9.88. The summed E-state index contributed by atoms with van der Waals surface area (Å²) in [5, 5.41) is 2.51. The number of amides is 1. The summed E-state index contributed by atoms with van der Waals surface area (Å²) in [5.41, 5.74) is 2.11. The zero-order valence-corrected chi connectivity index (χ0v) is 16.9. The lowest BCUT2D eigenvalue weighted by Gasteiger charge is -2.10. The van der Waals surface area contributed by atoms with E-state index in [1.807, 2.05) is 26.0 Å². The topological polar surface area (TPSA) is 73.9 Å². The third-order valence-electron chi connectivity index (χ3n) is 4.51. The predicted molar refractivity (Wildman–Crippen MR) is 110 cm³/mol. The van der Waals surface area contributed by atoms with Crippen molar-refractivity contribution in [3.05, 3.63) is 65.0 Å². The van der Waals surface area contributed by atoms with Gasteiger partial charge in [0.1, 0.15) is 23.4 Å². The Hall–Kier alpha value is -3.35. The minimum atomic E-state index is -0.673. The van der Waals surface area contributed by atoms with Gasteiger partial charge >= 0.3 is 5.97 Å². The molecule has 2 aromatic carbocycles. The molecule has 0 saturated carbocycles. The second kappa shape index (κ2) is 9.91. The van der Waals surface area contributed by atoms with Crippen molar-refractivity contribution in [2.24, 2.45) is 0 Å². The second-order valence-corrected chi connectivity index (χ2v) is 6.87. The van der Waals surface area contributed by atoms with Crippen molar-refractivity contribution in [2.45, 2.75) is 32.9 Å². The molecule has 3 rings (SSSR count). The number of nitrogens with one attached hydrogen (secondary N) is 1. The zero-order valence-electron chi connectivity index (χ0n) is 16.9. The third kappa shape index (κ3) is 5.59. The summed E-state index contributed by atoms with van der Waals surface area (Å²) >= 11 is 0.